The van der Waals surface area contributed by atoms with Gasteiger partial charge in [0, 0.05) is 19.3 Å². The standard InChI is InChI=1S/C23H36O4/c1-14(24)26-17-9-11-22(3)16(13-17)5-6-18-19-7-8-21(27-15(2)25)23(19,4)12-10-20(18)22/h16-21H,5-13H2,1-4H3/t16-,17-,18+,19+,20+,21+,22-,23-/m0/s1. The minimum absolute atomic E-state index is 0.117. The lowest BCUT2D eigenvalue weighted by Gasteiger charge is -2.60. The first kappa shape index (κ1) is 19.3. The molecule has 0 aromatic rings. The smallest absolute Gasteiger partial charge is 0.302 e. The first-order chi connectivity index (χ1) is 12.7. The molecule has 0 aliphatic heterocycles. The fourth-order valence-electron chi connectivity index (χ4n) is 7.91. The molecule has 8 atom stereocenters. The minimum Gasteiger partial charge on any atom is -0.463 e. The summed E-state index contributed by atoms with van der Waals surface area (Å²) in [4.78, 5) is 23.0. The molecule has 0 unspecified atom stereocenters. The Hall–Kier alpha value is -1.06. The van der Waals surface area contributed by atoms with Crippen molar-refractivity contribution in [1.82, 2.24) is 0 Å². The van der Waals surface area contributed by atoms with Crippen molar-refractivity contribution in [3.63, 3.8) is 0 Å². The summed E-state index contributed by atoms with van der Waals surface area (Å²) >= 11 is 0. The second-order valence-electron chi connectivity index (χ2n) is 10.4. The van der Waals surface area contributed by atoms with Crippen LogP contribution in [0.1, 0.15) is 85.5 Å². The van der Waals surface area contributed by atoms with Crippen LogP contribution in [0.3, 0.4) is 0 Å². The average Bonchev–Trinajstić information content (AvgIpc) is 2.91. The molecule has 4 nitrogen and oxygen atoms in total. The van der Waals surface area contributed by atoms with Crippen LogP contribution in [-0.2, 0) is 19.1 Å². The number of esters is 2. The van der Waals surface area contributed by atoms with Crippen LogP contribution >= 0.6 is 0 Å². The number of rotatable bonds is 2. The Balaban J connectivity index is 1.51. The van der Waals surface area contributed by atoms with Gasteiger partial charge in [-0.05, 0) is 86.9 Å². The van der Waals surface area contributed by atoms with E-state index < -0.39 is 0 Å². The van der Waals surface area contributed by atoms with Gasteiger partial charge in [0.25, 0.3) is 0 Å². The molecule has 152 valence electrons. The van der Waals surface area contributed by atoms with E-state index in [9.17, 15) is 9.59 Å². The number of hydrogen-bond donors (Lipinski definition) is 0. The maximum Gasteiger partial charge on any atom is 0.302 e. The zero-order chi connectivity index (χ0) is 19.4. The van der Waals surface area contributed by atoms with Crippen LogP contribution < -0.4 is 0 Å². The summed E-state index contributed by atoms with van der Waals surface area (Å²) in [5.74, 6) is 2.69. The Morgan fingerprint density at radius 2 is 1.44 bits per heavy atom. The maximum absolute atomic E-state index is 11.6. The van der Waals surface area contributed by atoms with Gasteiger partial charge in [-0.25, -0.2) is 0 Å². The first-order valence-corrected chi connectivity index (χ1v) is 11.1. The second kappa shape index (κ2) is 6.77. The van der Waals surface area contributed by atoms with Crippen LogP contribution in [0, 0.1) is 34.5 Å². The Bertz CT molecular complexity index is 615. The molecule has 0 saturated heterocycles. The minimum atomic E-state index is -0.131. The fraction of sp³-hybridized carbons (Fsp3) is 0.913. The summed E-state index contributed by atoms with van der Waals surface area (Å²) in [5.41, 5.74) is 0.561. The van der Waals surface area contributed by atoms with Crippen molar-refractivity contribution in [2.45, 2.75) is 97.7 Å². The molecular formula is C23H36O4. The van der Waals surface area contributed by atoms with Crippen LogP contribution in [0.5, 0.6) is 0 Å². The Kier molecular flexibility index (Phi) is 4.83. The van der Waals surface area contributed by atoms with Crippen molar-refractivity contribution in [3.8, 4) is 0 Å². The number of ether oxygens (including phenoxy) is 2. The molecule has 4 aliphatic rings. The van der Waals surface area contributed by atoms with E-state index in [4.69, 9.17) is 9.47 Å². The summed E-state index contributed by atoms with van der Waals surface area (Å²) in [5, 5.41) is 0. The highest BCUT2D eigenvalue weighted by atomic mass is 16.5. The van der Waals surface area contributed by atoms with Crippen molar-refractivity contribution in [2.75, 3.05) is 0 Å². The highest BCUT2D eigenvalue weighted by molar-refractivity contribution is 5.66. The van der Waals surface area contributed by atoms with Gasteiger partial charge in [0.05, 0.1) is 0 Å². The monoisotopic (exact) mass is 376 g/mol. The maximum atomic E-state index is 11.6. The lowest BCUT2D eigenvalue weighted by atomic mass is 9.45. The lowest BCUT2D eigenvalue weighted by molar-refractivity contribution is -0.167. The molecule has 4 fully saturated rings. The average molecular weight is 377 g/mol. The van der Waals surface area contributed by atoms with E-state index >= 15 is 0 Å². The van der Waals surface area contributed by atoms with Gasteiger partial charge in [0.15, 0.2) is 0 Å². The van der Waals surface area contributed by atoms with Gasteiger partial charge in [-0.3, -0.25) is 9.59 Å². The fourth-order valence-corrected chi connectivity index (χ4v) is 7.91. The topological polar surface area (TPSA) is 52.6 Å². The van der Waals surface area contributed by atoms with Gasteiger partial charge in [0.1, 0.15) is 12.2 Å². The van der Waals surface area contributed by atoms with Gasteiger partial charge in [-0.2, -0.15) is 0 Å². The molecule has 27 heavy (non-hydrogen) atoms. The summed E-state index contributed by atoms with van der Waals surface area (Å²) in [6.07, 6.45) is 10.8. The van der Waals surface area contributed by atoms with E-state index in [0.717, 1.165) is 31.1 Å². The highest BCUT2D eigenvalue weighted by Crippen LogP contribution is 2.66. The lowest BCUT2D eigenvalue weighted by Crippen LogP contribution is -2.54. The summed E-state index contributed by atoms with van der Waals surface area (Å²) in [6, 6.07) is 0. The normalized spacial score (nSPS) is 48.7. The number of fused-ring (bicyclic) bond motifs is 5. The Morgan fingerprint density at radius 3 is 2.15 bits per heavy atom. The third-order valence-corrected chi connectivity index (χ3v) is 9.17. The molecule has 0 bridgehead atoms. The summed E-state index contributed by atoms with van der Waals surface area (Å²) in [6.45, 7) is 8.00. The number of carbonyl (C=O) groups excluding carboxylic acids is 2. The molecular weight excluding hydrogens is 340 g/mol. The number of carbonyl (C=O) groups is 2. The van der Waals surface area contributed by atoms with Crippen LogP contribution in [0.4, 0.5) is 0 Å². The summed E-state index contributed by atoms with van der Waals surface area (Å²) < 4.78 is 11.3. The molecule has 0 amide bonds. The predicted molar refractivity (Wildman–Crippen MR) is 103 cm³/mol. The largest absolute Gasteiger partial charge is 0.463 e. The van der Waals surface area contributed by atoms with Crippen molar-refractivity contribution in [2.24, 2.45) is 34.5 Å². The Morgan fingerprint density at radius 1 is 0.778 bits per heavy atom. The zero-order valence-electron chi connectivity index (χ0n) is 17.5. The van der Waals surface area contributed by atoms with E-state index in [-0.39, 0.29) is 29.6 Å². The first-order valence-electron chi connectivity index (χ1n) is 11.1. The SMILES string of the molecule is CC(=O)O[C@H]1CC[C@@]2(C)[C@@H](CC[C@H]3[C@H]2CC[C@@]2(C)[C@@H]3CC[C@H]2OC(C)=O)C1. The van der Waals surface area contributed by atoms with Crippen molar-refractivity contribution >= 4 is 11.9 Å². The van der Waals surface area contributed by atoms with E-state index in [0.29, 0.717) is 17.3 Å². The van der Waals surface area contributed by atoms with Crippen molar-refractivity contribution in [3.05, 3.63) is 0 Å². The predicted octanol–water partition coefficient (Wildman–Crippen LogP) is 4.89. The quantitative estimate of drug-likeness (QED) is 0.644. The molecule has 4 aliphatic carbocycles. The Labute approximate surface area is 163 Å². The van der Waals surface area contributed by atoms with Gasteiger partial charge >= 0.3 is 11.9 Å². The van der Waals surface area contributed by atoms with E-state index in [1.807, 2.05) is 0 Å². The molecule has 4 saturated carbocycles. The third-order valence-electron chi connectivity index (χ3n) is 9.17. The molecule has 0 N–H and O–H groups in total. The molecule has 0 radical (unpaired) electrons. The molecule has 4 heteroatoms. The molecule has 0 aromatic carbocycles. The van der Waals surface area contributed by atoms with E-state index in [1.54, 1.807) is 6.92 Å². The van der Waals surface area contributed by atoms with E-state index in [2.05, 4.69) is 13.8 Å². The van der Waals surface area contributed by atoms with Crippen molar-refractivity contribution < 1.29 is 19.1 Å². The molecule has 0 spiro atoms. The van der Waals surface area contributed by atoms with E-state index in [1.165, 1.54) is 45.4 Å². The second-order valence-corrected chi connectivity index (χ2v) is 10.4. The van der Waals surface area contributed by atoms with Gasteiger partial charge in [-0.15, -0.1) is 0 Å². The van der Waals surface area contributed by atoms with Crippen LogP contribution in [0.15, 0.2) is 0 Å². The van der Waals surface area contributed by atoms with Crippen molar-refractivity contribution in [1.29, 1.82) is 0 Å². The van der Waals surface area contributed by atoms with Crippen LogP contribution in [-0.4, -0.2) is 24.1 Å². The van der Waals surface area contributed by atoms with Gasteiger partial charge < -0.3 is 9.47 Å². The van der Waals surface area contributed by atoms with Gasteiger partial charge in [0.2, 0.25) is 0 Å². The molecule has 0 aromatic heterocycles. The highest BCUT2D eigenvalue weighted by Gasteiger charge is 2.61. The summed E-state index contributed by atoms with van der Waals surface area (Å²) in [7, 11) is 0. The van der Waals surface area contributed by atoms with Crippen LogP contribution in [0.25, 0.3) is 0 Å². The number of hydrogen-bond acceptors (Lipinski definition) is 4. The third kappa shape index (κ3) is 3.11. The van der Waals surface area contributed by atoms with Crippen LogP contribution in [0.2, 0.25) is 0 Å². The van der Waals surface area contributed by atoms with Gasteiger partial charge in [-0.1, -0.05) is 13.8 Å². The molecule has 4 rings (SSSR count). The zero-order valence-corrected chi connectivity index (χ0v) is 17.5. The molecule has 0 heterocycles.